The Hall–Kier alpha value is -3.20. The molecule has 1 atom stereocenters. The van der Waals surface area contributed by atoms with E-state index in [0.29, 0.717) is 11.5 Å². The van der Waals surface area contributed by atoms with E-state index in [9.17, 15) is 18.0 Å². The van der Waals surface area contributed by atoms with Crippen molar-refractivity contribution in [3.8, 4) is 0 Å². The third kappa shape index (κ3) is 6.04. The number of fused-ring (bicyclic) bond motifs is 1. The van der Waals surface area contributed by atoms with Crippen LogP contribution in [0.15, 0.2) is 73.1 Å². The van der Waals surface area contributed by atoms with Gasteiger partial charge in [0.1, 0.15) is 11.7 Å². The van der Waals surface area contributed by atoms with E-state index in [1.165, 1.54) is 30.6 Å². The minimum Gasteiger partial charge on any atom is -0.347 e. The quantitative estimate of drug-likeness (QED) is 0.138. The maximum atomic E-state index is 15.5. The van der Waals surface area contributed by atoms with Gasteiger partial charge in [-0.25, -0.2) is 14.4 Å². The summed E-state index contributed by atoms with van der Waals surface area (Å²) in [6.07, 6.45) is -1.37. The lowest BCUT2D eigenvalue weighted by atomic mass is 9.93. The molecule has 0 saturated heterocycles. The number of rotatable bonds is 7. The molecular formula is C26H16Cl3F4N3O. The average molecular weight is 569 g/mol. The van der Waals surface area contributed by atoms with Crippen molar-refractivity contribution >= 4 is 63.1 Å². The standard InChI is InChI=1S/C26H16Cl3F4N3O/c27-20-10-14(11-21(28)24(20)29)19(26(31,32)33)12-22(30)17-6-7-18(16-5-2-1-4-15(16)17)23(37)13-36-25-34-8-3-9-35-25/h1-12,19H,13H2,(H,34,35,36)/b22-12-. The third-order valence-corrected chi connectivity index (χ3v) is 6.68. The number of alkyl halides is 3. The van der Waals surface area contributed by atoms with E-state index in [-0.39, 0.29) is 55.4 Å². The summed E-state index contributed by atoms with van der Waals surface area (Å²) in [6, 6.07) is 12.6. The third-order valence-electron chi connectivity index (χ3n) is 5.49. The van der Waals surface area contributed by atoms with Gasteiger partial charge < -0.3 is 5.32 Å². The molecule has 0 radical (unpaired) electrons. The van der Waals surface area contributed by atoms with Crippen LogP contribution in [0.4, 0.5) is 23.5 Å². The van der Waals surface area contributed by atoms with Crippen LogP contribution in [0.3, 0.4) is 0 Å². The van der Waals surface area contributed by atoms with Crippen molar-refractivity contribution in [1.82, 2.24) is 9.97 Å². The minimum atomic E-state index is -4.85. The molecule has 0 spiro atoms. The normalized spacial score (nSPS) is 13.0. The number of anilines is 1. The maximum Gasteiger partial charge on any atom is 0.399 e. The van der Waals surface area contributed by atoms with Crippen LogP contribution in [0.1, 0.15) is 27.4 Å². The van der Waals surface area contributed by atoms with E-state index < -0.39 is 17.9 Å². The highest BCUT2D eigenvalue weighted by Crippen LogP contribution is 2.42. The van der Waals surface area contributed by atoms with Crippen LogP contribution in [-0.2, 0) is 0 Å². The lowest BCUT2D eigenvalue weighted by molar-refractivity contribution is -0.139. The van der Waals surface area contributed by atoms with Crippen molar-refractivity contribution in [3.05, 3.63) is 105 Å². The zero-order chi connectivity index (χ0) is 26.7. The maximum absolute atomic E-state index is 15.5. The molecule has 0 aliphatic heterocycles. The van der Waals surface area contributed by atoms with Crippen molar-refractivity contribution in [3.63, 3.8) is 0 Å². The van der Waals surface area contributed by atoms with E-state index in [0.717, 1.165) is 12.1 Å². The number of nitrogens with one attached hydrogen (secondary N) is 1. The highest BCUT2D eigenvalue weighted by atomic mass is 35.5. The second-order valence-corrected chi connectivity index (χ2v) is 9.08. The van der Waals surface area contributed by atoms with Gasteiger partial charge in [-0.05, 0) is 46.7 Å². The van der Waals surface area contributed by atoms with Crippen LogP contribution in [0.5, 0.6) is 0 Å². The molecule has 0 fully saturated rings. The van der Waals surface area contributed by atoms with E-state index in [2.05, 4.69) is 15.3 Å². The molecule has 3 aromatic carbocycles. The SMILES string of the molecule is O=C(CNc1ncccn1)c1ccc(/C(F)=C/C(c2cc(Cl)c(Cl)c(Cl)c2)C(F)(F)F)c2ccccc12. The predicted molar refractivity (Wildman–Crippen MR) is 138 cm³/mol. The topological polar surface area (TPSA) is 54.9 Å². The van der Waals surface area contributed by atoms with Crippen LogP contribution >= 0.6 is 34.8 Å². The first-order valence-corrected chi connectivity index (χ1v) is 11.8. The van der Waals surface area contributed by atoms with E-state index >= 15 is 4.39 Å². The predicted octanol–water partition coefficient (Wildman–Crippen LogP) is 8.54. The van der Waals surface area contributed by atoms with Gasteiger partial charge in [0.05, 0.1) is 21.6 Å². The summed E-state index contributed by atoms with van der Waals surface area (Å²) >= 11 is 17.7. The molecule has 4 nitrogen and oxygen atoms in total. The molecule has 11 heteroatoms. The molecule has 0 amide bonds. The summed E-state index contributed by atoms with van der Waals surface area (Å²) in [5, 5.41) is 2.99. The zero-order valence-electron chi connectivity index (χ0n) is 18.7. The Morgan fingerprint density at radius 3 is 2.08 bits per heavy atom. The molecule has 0 aliphatic carbocycles. The summed E-state index contributed by atoms with van der Waals surface area (Å²) in [6.45, 7) is -0.139. The van der Waals surface area contributed by atoms with Crippen LogP contribution in [0.25, 0.3) is 16.6 Å². The largest absolute Gasteiger partial charge is 0.399 e. The molecule has 4 rings (SSSR count). The second kappa shape index (κ2) is 11.0. The summed E-state index contributed by atoms with van der Waals surface area (Å²) in [7, 11) is 0. The van der Waals surface area contributed by atoms with Gasteiger partial charge >= 0.3 is 6.18 Å². The molecule has 1 unspecified atom stereocenters. The summed E-state index contributed by atoms with van der Waals surface area (Å²) in [5.41, 5.74) is -0.210. The van der Waals surface area contributed by atoms with Crippen molar-refractivity contribution in [2.24, 2.45) is 0 Å². The molecule has 1 aromatic heterocycles. The Balaban J connectivity index is 1.72. The molecule has 0 bridgehead atoms. The number of ketones is 1. The number of halogens is 7. The van der Waals surface area contributed by atoms with E-state index in [1.807, 2.05) is 0 Å². The highest BCUT2D eigenvalue weighted by Gasteiger charge is 2.40. The number of benzene rings is 3. The van der Waals surface area contributed by atoms with Crippen LogP contribution in [-0.4, -0.2) is 28.5 Å². The van der Waals surface area contributed by atoms with Gasteiger partial charge in [-0.15, -0.1) is 0 Å². The Labute approximate surface area is 223 Å². The highest BCUT2D eigenvalue weighted by molar-refractivity contribution is 6.48. The molecule has 0 saturated carbocycles. The minimum absolute atomic E-state index is 0.1000. The Kier molecular flexibility index (Phi) is 8.02. The van der Waals surface area contributed by atoms with Crippen LogP contribution in [0, 0.1) is 0 Å². The molecule has 190 valence electrons. The summed E-state index contributed by atoms with van der Waals surface area (Å²) in [5.74, 6) is -3.56. The first-order chi connectivity index (χ1) is 17.6. The van der Waals surface area contributed by atoms with Crippen molar-refractivity contribution < 1.29 is 22.4 Å². The van der Waals surface area contributed by atoms with Crippen molar-refractivity contribution in [2.75, 3.05) is 11.9 Å². The van der Waals surface area contributed by atoms with Crippen molar-refractivity contribution in [2.45, 2.75) is 12.1 Å². The number of carbonyl (C=O) groups excluding carboxylic acids is 1. The monoisotopic (exact) mass is 567 g/mol. The number of aromatic nitrogens is 2. The van der Waals surface area contributed by atoms with Crippen molar-refractivity contribution in [1.29, 1.82) is 0 Å². The lowest BCUT2D eigenvalue weighted by Gasteiger charge is -2.19. The Morgan fingerprint density at radius 1 is 0.919 bits per heavy atom. The fraction of sp³-hybridized carbons (Fsp3) is 0.115. The summed E-state index contributed by atoms with van der Waals surface area (Å²) < 4.78 is 57.4. The average Bonchev–Trinajstić information content (AvgIpc) is 2.87. The fourth-order valence-electron chi connectivity index (χ4n) is 3.77. The Morgan fingerprint density at radius 2 is 1.49 bits per heavy atom. The van der Waals surface area contributed by atoms with Crippen LogP contribution in [0.2, 0.25) is 15.1 Å². The molecular weight excluding hydrogens is 553 g/mol. The van der Waals surface area contributed by atoms with E-state index in [1.54, 1.807) is 24.3 Å². The van der Waals surface area contributed by atoms with Gasteiger partial charge in [0, 0.05) is 23.5 Å². The first kappa shape index (κ1) is 26.9. The number of allylic oxidation sites excluding steroid dienone is 1. The number of hydrogen-bond acceptors (Lipinski definition) is 4. The van der Waals surface area contributed by atoms with Gasteiger partial charge in [-0.3, -0.25) is 4.79 Å². The van der Waals surface area contributed by atoms with E-state index in [4.69, 9.17) is 34.8 Å². The molecule has 37 heavy (non-hydrogen) atoms. The number of nitrogens with zero attached hydrogens (tertiary/aromatic N) is 2. The molecule has 0 aliphatic rings. The molecule has 1 heterocycles. The first-order valence-electron chi connectivity index (χ1n) is 10.7. The lowest BCUT2D eigenvalue weighted by Crippen LogP contribution is -2.19. The van der Waals surface area contributed by atoms with Crippen LogP contribution < -0.4 is 5.32 Å². The number of hydrogen-bond donors (Lipinski definition) is 1. The smallest absolute Gasteiger partial charge is 0.347 e. The molecule has 4 aromatic rings. The second-order valence-electron chi connectivity index (χ2n) is 7.89. The summed E-state index contributed by atoms with van der Waals surface area (Å²) in [4.78, 5) is 20.9. The zero-order valence-corrected chi connectivity index (χ0v) is 20.9. The Bertz CT molecular complexity index is 1470. The number of carbonyl (C=O) groups is 1. The van der Waals surface area contributed by atoms with Gasteiger partial charge in [0.15, 0.2) is 5.78 Å². The van der Waals surface area contributed by atoms with Gasteiger partial charge in [-0.1, -0.05) is 65.1 Å². The van der Waals surface area contributed by atoms with Gasteiger partial charge in [0.25, 0.3) is 0 Å². The van der Waals surface area contributed by atoms with Gasteiger partial charge in [0.2, 0.25) is 5.95 Å². The number of Topliss-reactive ketones (excluding diaryl/α,β-unsaturated/α-hetero) is 1. The van der Waals surface area contributed by atoms with Gasteiger partial charge in [-0.2, -0.15) is 13.2 Å². The fourth-order valence-corrected chi connectivity index (χ4v) is 4.38. The molecule has 1 N–H and O–H groups in total.